The molecule has 0 saturated carbocycles. The molecular weight excluding hydrogens is 360 g/mol. The molecule has 2 N–H and O–H groups in total. The minimum atomic E-state index is 0.205. The van der Waals surface area contributed by atoms with Crippen LogP contribution in [0.1, 0.15) is 0 Å². The molecule has 3 nitrogen and oxygen atoms in total. The van der Waals surface area contributed by atoms with Gasteiger partial charge in [0.15, 0.2) is 0 Å². The lowest BCUT2D eigenvalue weighted by atomic mass is 10.2. The number of aromatic nitrogens is 2. The third-order valence-corrected chi connectivity index (χ3v) is 3.64. The van der Waals surface area contributed by atoms with Gasteiger partial charge in [-0.1, -0.05) is 31.9 Å². The summed E-state index contributed by atoms with van der Waals surface area (Å²) in [4.78, 5) is 7.67. The molecule has 1 aromatic heterocycles. The Labute approximate surface area is 120 Å². The number of aromatic hydroxyl groups is 1. The minimum absolute atomic E-state index is 0.205. The van der Waals surface area contributed by atoms with Crippen LogP contribution in [-0.2, 0) is 0 Å². The summed E-state index contributed by atoms with van der Waals surface area (Å²) >= 11 is 6.81. The Hall–Kier alpha value is -1.33. The highest BCUT2D eigenvalue weighted by Crippen LogP contribution is 2.31. The van der Waals surface area contributed by atoms with Gasteiger partial charge in [-0.2, -0.15) is 0 Å². The van der Waals surface area contributed by atoms with Crippen LogP contribution in [0.4, 0.5) is 0 Å². The van der Waals surface area contributed by atoms with Crippen molar-refractivity contribution in [1.82, 2.24) is 9.97 Å². The van der Waals surface area contributed by atoms with Crippen LogP contribution in [0.2, 0.25) is 0 Å². The second-order valence-electron chi connectivity index (χ2n) is 3.91. The molecule has 0 fully saturated rings. The Bertz CT molecular complexity index is 737. The first-order valence-corrected chi connectivity index (χ1v) is 6.86. The molecule has 0 aliphatic carbocycles. The number of nitrogens with one attached hydrogen (secondary N) is 1. The summed E-state index contributed by atoms with van der Waals surface area (Å²) in [6.07, 6.45) is 0. The van der Waals surface area contributed by atoms with Gasteiger partial charge in [-0.25, -0.2) is 4.98 Å². The van der Waals surface area contributed by atoms with Crippen molar-refractivity contribution in [3.63, 3.8) is 0 Å². The smallest absolute Gasteiger partial charge is 0.142 e. The third kappa shape index (κ3) is 2.04. The van der Waals surface area contributed by atoms with Crippen LogP contribution in [0.3, 0.4) is 0 Å². The molecule has 18 heavy (non-hydrogen) atoms. The summed E-state index contributed by atoms with van der Waals surface area (Å²) in [5.41, 5.74) is 2.48. The molecule has 0 unspecified atom stereocenters. The highest BCUT2D eigenvalue weighted by molar-refractivity contribution is 9.10. The van der Waals surface area contributed by atoms with E-state index in [0.29, 0.717) is 11.4 Å². The van der Waals surface area contributed by atoms with Crippen LogP contribution in [-0.4, -0.2) is 15.1 Å². The van der Waals surface area contributed by atoms with E-state index in [1.807, 2.05) is 24.3 Å². The molecule has 0 atom stereocenters. The largest absolute Gasteiger partial charge is 0.507 e. The lowest BCUT2D eigenvalue weighted by Gasteiger charge is -2.01. The number of hydrogen-bond donors (Lipinski definition) is 2. The van der Waals surface area contributed by atoms with Gasteiger partial charge in [0.25, 0.3) is 0 Å². The molecule has 3 rings (SSSR count). The molecule has 90 valence electrons. The molecule has 0 radical (unpaired) electrons. The highest BCUT2D eigenvalue weighted by atomic mass is 79.9. The van der Waals surface area contributed by atoms with E-state index in [0.717, 1.165) is 20.0 Å². The number of phenols is 1. The van der Waals surface area contributed by atoms with Crippen molar-refractivity contribution < 1.29 is 5.11 Å². The molecule has 0 aliphatic heterocycles. The first-order chi connectivity index (χ1) is 8.63. The number of hydrogen-bond acceptors (Lipinski definition) is 2. The SMILES string of the molecule is Oc1ccc(Br)cc1-c1nc2ccc(Br)cc2[nH]1. The number of imidazole rings is 1. The summed E-state index contributed by atoms with van der Waals surface area (Å²) in [5.74, 6) is 0.859. The molecule has 0 spiro atoms. The molecule has 0 amide bonds. The van der Waals surface area contributed by atoms with E-state index >= 15 is 0 Å². The van der Waals surface area contributed by atoms with Crippen molar-refractivity contribution in [2.24, 2.45) is 0 Å². The molecule has 0 saturated heterocycles. The van der Waals surface area contributed by atoms with Gasteiger partial charge < -0.3 is 10.1 Å². The summed E-state index contributed by atoms with van der Waals surface area (Å²) in [6, 6.07) is 11.1. The number of nitrogens with zero attached hydrogens (tertiary/aromatic N) is 1. The number of halogens is 2. The van der Waals surface area contributed by atoms with Crippen molar-refractivity contribution in [2.75, 3.05) is 0 Å². The zero-order valence-electron chi connectivity index (χ0n) is 9.11. The average Bonchev–Trinajstić information content (AvgIpc) is 2.74. The van der Waals surface area contributed by atoms with Crippen molar-refractivity contribution in [3.05, 3.63) is 45.3 Å². The van der Waals surface area contributed by atoms with Crippen LogP contribution >= 0.6 is 31.9 Å². The van der Waals surface area contributed by atoms with E-state index in [-0.39, 0.29) is 5.75 Å². The van der Waals surface area contributed by atoms with E-state index in [4.69, 9.17) is 0 Å². The van der Waals surface area contributed by atoms with Crippen LogP contribution in [0.25, 0.3) is 22.4 Å². The van der Waals surface area contributed by atoms with E-state index in [9.17, 15) is 5.11 Å². The van der Waals surface area contributed by atoms with Crippen molar-refractivity contribution in [3.8, 4) is 17.1 Å². The maximum atomic E-state index is 9.88. The predicted molar refractivity (Wildman–Crippen MR) is 78.6 cm³/mol. The lowest BCUT2D eigenvalue weighted by Crippen LogP contribution is -1.81. The normalized spacial score (nSPS) is 11.0. The van der Waals surface area contributed by atoms with E-state index in [2.05, 4.69) is 41.8 Å². The number of aromatic amines is 1. The molecule has 0 bridgehead atoms. The molecule has 1 heterocycles. The van der Waals surface area contributed by atoms with Crippen LogP contribution in [0.5, 0.6) is 5.75 Å². The fraction of sp³-hybridized carbons (Fsp3) is 0. The number of H-pyrrole nitrogens is 1. The van der Waals surface area contributed by atoms with Gasteiger partial charge in [-0.15, -0.1) is 0 Å². The molecule has 0 aliphatic rings. The first-order valence-electron chi connectivity index (χ1n) is 5.27. The second-order valence-corrected chi connectivity index (χ2v) is 5.74. The van der Waals surface area contributed by atoms with Gasteiger partial charge in [-0.05, 0) is 36.4 Å². The molecule has 3 aromatic rings. The topological polar surface area (TPSA) is 48.9 Å². The Morgan fingerprint density at radius 1 is 1.00 bits per heavy atom. The predicted octanol–water partition coefficient (Wildman–Crippen LogP) is 4.46. The van der Waals surface area contributed by atoms with Crippen LogP contribution in [0.15, 0.2) is 45.3 Å². The van der Waals surface area contributed by atoms with Crippen LogP contribution < -0.4 is 0 Å². The molecule has 2 aromatic carbocycles. The quantitative estimate of drug-likeness (QED) is 0.667. The molecule has 5 heteroatoms. The van der Waals surface area contributed by atoms with E-state index in [1.54, 1.807) is 12.1 Å². The Morgan fingerprint density at radius 2 is 1.72 bits per heavy atom. The standard InChI is InChI=1S/C13H8Br2N2O/c14-7-2-4-12(18)9(5-7)13-16-10-3-1-8(15)6-11(10)17-13/h1-6,18H,(H,16,17). The fourth-order valence-corrected chi connectivity index (χ4v) is 2.53. The molecular formula is C13H8Br2N2O. The van der Waals surface area contributed by atoms with E-state index in [1.165, 1.54) is 0 Å². The van der Waals surface area contributed by atoms with Crippen LogP contribution in [0, 0.1) is 0 Å². The summed E-state index contributed by atoms with van der Waals surface area (Å²) in [5, 5.41) is 9.88. The van der Waals surface area contributed by atoms with Gasteiger partial charge >= 0.3 is 0 Å². The zero-order valence-corrected chi connectivity index (χ0v) is 12.3. The second kappa shape index (κ2) is 4.40. The maximum absolute atomic E-state index is 9.88. The van der Waals surface area contributed by atoms with Crippen molar-refractivity contribution in [1.29, 1.82) is 0 Å². The fourth-order valence-electron chi connectivity index (χ4n) is 1.81. The summed E-state index contributed by atoms with van der Waals surface area (Å²) in [6.45, 7) is 0. The highest BCUT2D eigenvalue weighted by Gasteiger charge is 2.10. The monoisotopic (exact) mass is 366 g/mol. The lowest BCUT2D eigenvalue weighted by molar-refractivity contribution is 0.477. The first kappa shape index (κ1) is 11.7. The van der Waals surface area contributed by atoms with Gasteiger partial charge in [0.1, 0.15) is 11.6 Å². The van der Waals surface area contributed by atoms with Gasteiger partial charge in [0.05, 0.1) is 16.6 Å². The van der Waals surface area contributed by atoms with E-state index < -0.39 is 0 Å². The number of benzene rings is 2. The summed E-state index contributed by atoms with van der Waals surface area (Å²) in [7, 11) is 0. The maximum Gasteiger partial charge on any atom is 0.142 e. The third-order valence-electron chi connectivity index (χ3n) is 2.66. The van der Waals surface area contributed by atoms with Crippen molar-refractivity contribution in [2.45, 2.75) is 0 Å². The number of phenolic OH excluding ortho intramolecular Hbond substituents is 1. The van der Waals surface area contributed by atoms with Gasteiger partial charge in [0, 0.05) is 8.95 Å². The number of fused-ring (bicyclic) bond motifs is 1. The Balaban J connectivity index is 2.22. The summed E-state index contributed by atoms with van der Waals surface area (Å²) < 4.78 is 1.89. The average molecular weight is 368 g/mol. The number of rotatable bonds is 1. The van der Waals surface area contributed by atoms with Crippen molar-refractivity contribution >= 4 is 42.9 Å². The van der Waals surface area contributed by atoms with Gasteiger partial charge in [-0.3, -0.25) is 0 Å². The Morgan fingerprint density at radius 3 is 2.56 bits per heavy atom. The van der Waals surface area contributed by atoms with Gasteiger partial charge in [0.2, 0.25) is 0 Å². The minimum Gasteiger partial charge on any atom is -0.507 e. The Kier molecular flexibility index (Phi) is 2.87. The zero-order chi connectivity index (χ0) is 12.7.